The van der Waals surface area contributed by atoms with Crippen molar-refractivity contribution in [1.82, 2.24) is 20.4 Å². The molecule has 2 rings (SSSR count). The van der Waals surface area contributed by atoms with Crippen LogP contribution < -0.4 is 10.6 Å². The SMILES string of the molecule is CCNC(=NCC(C)(C)N1CCOCC1)NCCN(C)Cc1ccc(F)cc1. The fourth-order valence-electron chi connectivity index (χ4n) is 3.23. The molecule has 0 spiro atoms. The molecule has 7 heteroatoms. The van der Waals surface area contributed by atoms with Crippen LogP contribution in [0.25, 0.3) is 0 Å². The zero-order valence-electron chi connectivity index (χ0n) is 17.8. The Bertz CT molecular complexity index is 599. The molecular formula is C21H36FN5O. The first-order chi connectivity index (χ1) is 13.4. The number of guanidine groups is 1. The van der Waals surface area contributed by atoms with Crippen molar-refractivity contribution in [3.8, 4) is 0 Å². The Morgan fingerprint density at radius 2 is 1.89 bits per heavy atom. The van der Waals surface area contributed by atoms with Gasteiger partial charge in [0.2, 0.25) is 0 Å². The van der Waals surface area contributed by atoms with Gasteiger partial charge in [0.1, 0.15) is 5.82 Å². The fourth-order valence-corrected chi connectivity index (χ4v) is 3.23. The number of hydrogen-bond acceptors (Lipinski definition) is 4. The van der Waals surface area contributed by atoms with Gasteiger partial charge in [0.25, 0.3) is 0 Å². The third-order valence-corrected chi connectivity index (χ3v) is 4.99. The van der Waals surface area contributed by atoms with Crippen LogP contribution in [0, 0.1) is 5.82 Å². The van der Waals surface area contributed by atoms with Crippen LogP contribution >= 0.6 is 0 Å². The molecule has 0 bridgehead atoms. The lowest BCUT2D eigenvalue weighted by atomic mass is 10.0. The molecule has 1 aromatic rings. The summed E-state index contributed by atoms with van der Waals surface area (Å²) in [5, 5.41) is 6.74. The van der Waals surface area contributed by atoms with Gasteiger partial charge in [-0.3, -0.25) is 9.89 Å². The maximum atomic E-state index is 13.0. The van der Waals surface area contributed by atoms with Crippen molar-refractivity contribution in [2.45, 2.75) is 32.9 Å². The Kier molecular flexibility index (Phi) is 9.15. The van der Waals surface area contributed by atoms with Gasteiger partial charge in [-0.05, 0) is 45.5 Å². The van der Waals surface area contributed by atoms with Crippen LogP contribution in [0.15, 0.2) is 29.3 Å². The third-order valence-electron chi connectivity index (χ3n) is 4.99. The molecule has 158 valence electrons. The number of nitrogens with one attached hydrogen (secondary N) is 2. The number of rotatable bonds is 9. The zero-order valence-corrected chi connectivity index (χ0v) is 17.8. The Balaban J connectivity index is 1.79. The first-order valence-corrected chi connectivity index (χ1v) is 10.2. The molecule has 0 amide bonds. The average Bonchev–Trinajstić information content (AvgIpc) is 2.68. The molecule has 1 heterocycles. The highest BCUT2D eigenvalue weighted by molar-refractivity contribution is 5.79. The predicted molar refractivity (Wildman–Crippen MR) is 113 cm³/mol. The normalized spacial score (nSPS) is 16.4. The molecule has 0 unspecified atom stereocenters. The molecule has 1 aromatic carbocycles. The van der Waals surface area contributed by atoms with E-state index in [1.807, 2.05) is 12.1 Å². The lowest BCUT2D eigenvalue weighted by Crippen LogP contribution is -2.52. The minimum Gasteiger partial charge on any atom is -0.379 e. The molecule has 6 nitrogen and oxygen atoms in total. The number of nitrogens with zero attached hydrogens (tertiary/aromatic N) is 3. The Labute approximate surface area is 169 Å². The van der Waals surface area contributed by atoms with E-state index in [1.165, 1.54) is 12.1 Å². The second-order valence-corrected chi connectivity index (χ2v) is 7.90. The van der Waals surface area contributed by atoms with Gasteiger partial charge < -0.3 is 20.3 Å². The van der Waals surface area contributed by atoms with Crippen LogP contribution in [0.4, 0.5) is 4.39 Å². The van der Waals surface area contributed by atoms with Crippen LogP contribution in [-0.2, 0) is 11.3 Å². The molecule has 1 saturated heterocycles. The van der Waals surface area contributed by atoms with E-state index in [4.69, 9.17) is 9.73 Å². The van der Waals surface area contributed by atoms with Gasteiger partial charge in [0, 0.05) is 44.8 Å². The minimum atomic E-state index is -0.195. The topological polar surface area (TPSA) is 52.1 Å². The summed E-state index contributed by atoms with van der Waals surface area (Å²) >= 11 is 0. The molecule has 1 aliphatic heterocycles. The molecule has 0 aromatic heterocycles. The van der Waals surface area contributed by atoms with Crippen LogP contribution in [0.3, 0.4) is 0 Å². The van der Waals surface area contributed by atoms with E-state index in [1.54, 1.807) is 0 Å². The van der Waals surface area contributed by atoms with Gasteiger partial charge in [-0.15, -0.1) is 0 Å². The smallest absolute Gasteiger partial charge is 0.191 e. The number of aliphatic imine (C=N–C) groups is 1. The predicted octanol–water partition coefficient (Wildman–Crippen LogP) is 1.92. The first-order valence-electron chi connectivity index (χ1n) is 10.2. The van der Waals surface area contributed by atoms with Gasteiger partial charge in [-0.2, -0.15) is 0 Å². The van der Waals surface area contributed by atoms with Gasteiger partial charge in [-0.1, -0.05) is 12.1 Å². The molecule has 0 atom stereocenters. The molecule has 1 fully saturated rings. The number of benzene rings is 1. The summed E-state index contributed by atoms with van der Waals surface area (Å²) in [4.78, 5) is 9.46. The van der Waals surface area contributed by atoms with E-state index in [-0.39, 0.29) is 11.4 Å². The minimum absolute atomic E-state index is 0.00546. The highest BCUT2D eigenvalue weighted by Crippen LogP contribution is 2.16. The average molecular weight is 394 g/mol. The summed E-state index contributed by atoms with van der Waals surface area (Å²) < 4.78 is 18.5. The van der Waals surface area contributed by atoms with Crippen LogP contribution in [0.1, 0.15) is 26.3 Å². The summed E-state index contributed by atoms with van der Waals surface area (Å²) in [6.45, 7) is 14.1. The molecule has 2 N–H and O–H groups in total. The fraction of sp³-hybridized carbons (Fsp3) is 0.667. The largest absolute Gasteiger partial charge is 0.379 e. The Morgan fingerprint density at radius 1 is 1.21 bits per heavy atom. The standard InChI is InChI=1S/C21H36FN5O/c1-5-23-20(25-17-21(2,3)27-12-14-28-15-13-27)24-10-11-26(4)16-18-6-8-19(22)9-7-18/h6-9H,5,10-17H2,1-4H3,(H2,23,24,25). The van der Waals surface area contributed by atoms with E-state index in [2.05, 4.69) is 48.3 Å². The van der Waals surface area contributed by atoms with Crippen molar-refractivity contribution in [1.29, 1.82) is 0 Å². The zero-order chi connectivity index (χ0) is 20.4. The number of halogens is 1. The van der Waals surface area contributed by atoms with Gasteiger partial charge in [0.15, 0.2) is 5.96 Å². The third kappa shape index (κ3) is 7.73. The molecule has 0 saturated carbocycles. The van der Waals surface area contributed by atoms with Crippen molar-refractivity contribution in [3.05, 3.63) is 35.6 Å². The van der Waals surface area contributed by atoms with Crippen LogP contribution in [-0.4, -0.2) is 80.8 Å². The van der Waals surface area contributed by atoms with Crippen LogP contribution in [0.2, 0.25) is 0 Å². The highest BCUT2D eigenvalue weighted by Gasteiger charge is 2.28. The van der Waals surface area contributed by atoms with Crippen molar-refractivity contribution in [2.24, 2.45) is 4.99 Å². The molecule has 1 aliphatic rings. The van der Waals surface area contributed by atoms with E-state index in [9.17, 15) is 4.39 Å². The van der Waals surface area contributed by atoms with Crippen LogP contribution in [0.5, 0.6) is 0 Å². The summed E-state index contributed by atoms with van der Waals surface area (Å²) in [6.07, 6.45) is 0. The van der Waals surface area contributed by atoms with Crippen molar-refractivity contribution >= 4 is 5.96 Å². The monoisotopic (exact) mass is 393 g/mol. The maximum Gasteiger partial charge on any atom is 0.191 e. The highest BCUT2D eigenvalue weighted by atomic mass is 19.1. The summed E-state index contributed by atoms with van der Waals surface area (Å²) in [5.41, 5.74) is 1.11. The number of ether oxygens (including phenoxy) is 1. The van der Waals surface area contributed by atoms with Gasteiger partial charge in [0.05, 0.1) is 19.8 Å². The summed E-state index contributed by atoms with van der Waals surface area (Å²) in [5.74, 6) is 0.651. The number of likely N-dealkylation sites (N-methyl/N-ethyl adjacent to an activating group) is 1. The molecule has 0 aliphatic carbocycles. The van der Waals surface area contributed by atoms with E-state index in [0.717, 1.165) is 70.6 Å². The molecular weight excluding hydrogens is 357 g/mol. The van der Waals surface area contributed by atoms with E-state index >= 15 is 0 Å². The second-order valence-electron chi connectivity index (χ2n) is 7.90. The van der Waals surface area contributed by atoms with E-state index in [0.29, 0.717) is 0 Å². The Morgan fingerprint density at radius 3 is 2.54 bits per heavy atom. The summed E-state index contributed by atoms with van der Waals surface area (Å²) in [7, 11) is 2.07. The second kappa shape index (κ2) is 11.3. The van der Waals surface area contributed by atoms with Crippen molar-refractivity contribution in [2.75, 3.05) is 59.5 Å². The van der Waals surface area contributed by atoms with Gasteiger partial charge in [-0.25, -0.2) is 4.39 Å². The van der Waals surface area contributed by atoms with Crippen molar-refractivity contribution in [3.63, 3.8) is 0 Å². The first kappa shape index (κ1) is 22.6. The molecule has 0 radical (unpaired) electrons. The lowest BCUT2D eigenvalue weighted by Gasteiger charge is -2.39. The van der Waals surface area contributed by atoms with E-state index < -0.39 is 0 Å². The lowest BCUT2D eigenvalue weighted by molar-refractivity contribution is -0.00683. The van der Waals surface area contributed by atoms with Crippen molar-refractivity contribution < 1.29 is 9.13 Å². The van der Waals surface area contributed by atoms with Gasteiger partial charge >= 0.3 is 0 Å². The number of morpholine rings is 1. The Hall–Kier alpha value is -1.70. The number of hydrogen-bond donors (Lipinski definition) is 2. The quantitative estimate of drug-likeness (QED) is 0.496. The maximum absolute atomic E-state index is 13.0. The summed E-state index contributed by atoms with van der Waals surface area (Å²) in [6, 6.07) is 6.68. The molecule has 28 heavy (non-hydrogen) atoms.